The predicted octanol–water partition coefficient (Wildman–Crippen LogP) is 6.59. The number of hydrogen-bond acceptors (Lipinski definition) is 3. The SMILES string of the molecule is CCCCCCCCCCCCOc1ccc(S(=O)(=O)Nc2[c]cccc2)cc1. The van der Waals surface area contributed by atoms with Crippen molar-refractivity contribution in [2.75, 3.05) is 11.3 Å². The smallest absolute Gasteiger partial charge is 0.261 e. The second-order valence-electron chi connectivity index (χ2n) is 7.38. The molecule has 0 aromatic heterocycles. The van der Waals surface area contributed by atoms with E-state index in [9.17, 15) is 8.42 Å². The molecule has 0 saturated carbocycles. The molecule has 0 atom stereocenters. The van der Waals surface area contributed by atoms with E-state index in [-0.39, 0.29) is 4.90 Å². The van der Waals surface area contributed by atoms with Gasteiger partial charge in [-0.2, -0.15) is 0 Å². The van der Waals surface area contributed by atoms with Crippen LogP contribution in [0.2, 0.25) is 0 Å². The molecule has 0 aliphatic rings. The van der Waals surface area contributed by atoms with E-state index in [1.807, 2.05) is 0 Å². The van der Waals surface area contributed by atoms with Crippen molar-refractivity contribution in [2.24, 2.45) is 0 Å². The van der Waals surface area contributed by atoms with E-state index in [0.717, 1.165) is 6.42 Å². The molecule has 1 N–H and O–H groups in total. The van der Waals surface area contributed by atoms with E-state index in [4.69, 9.17) is 4.74 Å². The Kier molecular flexibility index (Phi) is 10.6. The maximum absolute atomic E-state index is 12.4. The van der Waals surface area contributed by atoms with Crippen LogP contribution in [0.1, 0.15) is 71.1 Å². The van der Waals surface area contributed by atoms with E-state index >= 15 is 0 Å². The molecule has 0 fully saturated rings. The van der Waals surface area contributed by atoms with Gasteiger partial charge >= 0.3 is 0 Å². The van der Waals surface area contributed by atoms with Gasteiger partial charge in [0.1, 0.15) is 5.75 Å². The summed E-state index contributed by atoms with van der Waals surface area (Å²) in [5, 5.41) is 0. The molecule has 29 heavy (non-hydrogen) atoms. The molecule has 0 aliphatic heterocycles. The normalized spacial score (nSPS) is 11.3. The zero-order chi connectivity index (χ0) is 20.8. The van der Waals surface area contributed by atoms with Crippen molar-refractivity contribution in [2.45, 2.75) is 76.0 Å². The summed E-state index contributed by atoms with van der Waals surface area (Å²) in [6.45, 7) is 2.92. The molecule has 0 bridgehead atoms. The minimum absolute atomic E-state index is 0.209. The Labute approximate surface area is 176 Å². The molecule has 0 spiro atoms. The van der Waals surface area contributed by atoms with Gasteiger partial charge in [-0.05, 0) is 36.8 Å². The highest BCUT2D eigenvalue weighted by atomic mass is 32.2. The van der Waals surface area contributed by atoms with Crippen molar-refractivity contribution in [1.82, 2.24) is 0 Å². The molecular weight excluding hydrogens is 382 g/mol. The van der Waals surface area contributed by atoms with Gasteiger partial charge in [-0.15, -0.1) is 0 Å². The third-order valence-corrected chi connectivity index (χ3v) is 6.24. The van der Waals surface area contributed by atoms with Gasteiger partial charge in [0.25, 0.3) is 10.0 Å². The lowest BCUT2D eigenvalue weighted by Gasteiger charge is -2.09. The number of para-hydroxylation sites is 1. The molecular formula is C24H34NO3S. The van der Waals surface area contributed by atoms with Crippen molar-refractivity contribution < 1.29 is 13.2 Å². The van der Waals surface area contributed by atoms with Crippen molar-refractivity contribution in [1.29, 1.82) is 0 Å². The Hall–Kier alpha value is -2.01. The largest absolute Gasteiger partial charge is 0.494 e. The zero-order valence-electron chi connectivity index (χ0n) is 17.5. The first kappa shape index (κ1) is 23.3. The Morgan fingerprint density at radius 1 is 0.828 bits per heavy atom. The molecule has 1 radical (unpaired) electrons. The first-order valence-electron chi connectivity index (χ1n) is 10.8. The molecule has 4 nitrogen and oxygen atoms in total. The van der Waals surface area contributed by atoms with Crippen molar-refractivity contribution in [3.8, 4) is 5.75 Å². The fraction of sp³-hybridized carbons (Fsp3) is 0.500. The maximum Gasteiger partial charge on any atom is 0.261 e. The van der Waals surface area contributed by atoms with Crippen LogP contribution in [-0.4, -0.2) is 15.0 Å². The summed E-state index contributed by atoms with van der Waals surface area (Å²) in [6.07, 6.45) is 12.9. The summed E-state index contributed by atoms with van der Waals surface area (Å²) < 4.78 is 33.1. The number of nitrogens with one attached hydrogen (secondary N) is 1. The molecule has 2 rings (SSSR count). The number of rotatable bonds is 15. The molecule has 0 heterocycles. The Morgan fingerprint density at radius 2 is 1.45 bits per heavy atom. The van der Waals surface area contributed by atoms with Gasteiger partial charge in [0.2, 0.25) is 0 Å². The number of hydrogen-bond donors (Lipinski definition) is 1. The second kappa shape index (κ2) is 13.3. The minimum atomic E-state index is -3.61. The van der Waals surface area contributed by atoms with Crippen molar-refractivity contribution >= 4 is 15.7 Å². The number of sulfonamides is 1. The summed E-state index contributed by atoms with van der Waals surface area (Å²) in [4.78, 5) is 0.209. The Bertz CT molecular complexity index is 774. The summed E-state index contributed by atoms with van der Waals surface area (Å²) in [5.41, 5.74) is 0.425. The van der Waals surface area contributed by atoms with Crippen LogP contribution in [-0.2, 0) is 10.0 Å². The average molecular weight is 417 g/mol. The van der Waals surface area contributed by atoms with Crippen molar-refractivity contribution in [3.63, 3.8) is 0 Å². The number of unbranched alkanes of at least 4 members (excludes halogenated alkanes) is 9. The predicted molar refractivity (Wildman–Crippen MR) is 120 cm³/mol. The molecule has 2 aromatic rings. The molecule has 0 saturated heterocycles. The minimum Gasteiger partial charge on any atom is -0.494 e. The first-order valence-corrected chi connectivity index (χ1v) is 12.3. The Balaban J connectivity index is 1.61. The number of benzene rings is 2. The van der Waals surface area contributed by atoms with E-state index < -0.39 is 10.0 Å². The Morgan fingerprint density at radius 3 is 2.03 bits per heavy atom. The maximum atomic E-state index is 12.4. The van der Waals surface area contributed by atoms with Crippen LogP contribution >= 0.6 is 0 Å². The van der Waals surface area contributed by atoms with Gasteiger partial charge in [0.05, 0.1) is 17.2 Å². The molecule has 0 unspecified atom stereocenters. The number of ether oxygens (including phenoxy) is 1. The summed E-state index contributed by atoms with van der Waals surface area (Å²) >= 11 is 0. The fourth-order valence-electron chi connectivity index (χ4n) is 3.16. The van der Waals surface area contributed by atoms with E-state index in [2.05, 4.69) is 17.7 Å². The third-order valence-electron chi connectivity index (χ3n) is 4.85. The van der Waals surface area contributed by atoms with Gasteiger partial charge in [-0.1, -0.05) is 82.9 Å². The number of anilines is 1. The van der Waals surface area contributed by atoms with Gasteiger partial charge in [-0.25, -0.2) is 8.42 Å². The molecule has 5 heteroatoms. The van der Waals surface area contributed by atoms with Crippen LogP contribution in [0.25, 0.3) is 0 Å². The highest BCUT2D eigenvalue weighted by molar-refractivity contribution is 7.92. The summed E-state index contributed by atoms with van der Waals surface area (Å²) in [5.74, 6) is 0.700. The molecule has 0 amide bonds. The quantitative estimate of drug-likeness (QED) is 0.333. The van der Waals surface area contributed by atoms with Crippen LogP contribution in [0.3, 0.4) is 0 Å². The van der Waals surface area contributed by atoms with E-state index in [0.29, 0.717) is 18.0 Å². The van der Waals surface area contributed by atoms with Crippen LogP contribution in [0.15, 0.2) is 53.4 Å². The highest BCUT2D eigenvalue weighted by Crippen LogP contribution is 2.19. The molecule has 0 aliphatic carbocycles. The van der Waals surface area contributed by atoms with E-state index in [1.54, 1.807) is 48.5 Å². The van der Waals surface area contributed by atoms with E-state index in [1.165, 1.54) is 57.8 Å². The lowest BCUT2D eigenvalue weighted by Crippen LogP contribution is -2.12. The summed E-state index contributed by atoms with van der Waals surface area (Å²) in [6, 6.07) is 16.3. The van der Waals surface area contributed by atoms with Crippen LogP contribution in [0.4, 0.5) is 5.69 Å². The summed E-state index contributed by atoms with van der Waals surface area (Å²) in [7, 11) is -3.61. The van der Waals surface area contributed by atoms with Gasteiger partial charge in [-0.3, -0.25) is 4.72 Å². The highest BCUT2D eigenvalue weighted by Gasteiger charge is 2.14. The van der Waals surface area contributed by atoms with Gasteiger partial charge in [0, 0.05) is 6.07 Å². The van der Waals surface area contributed by atoms with Crippen LogP contribution in [0.5, 0.6) is 5.75 Å². The standard InChI is InChI=1S/C24H34NO3S/c1-2-3-4-5-6-7-8-9-10-14-21-28-23-17-19-24(20-18-23)29(26,27)25-22-15-12-11-13-16-22/h11-13,15,17-20,25H,2-10,14,21H2,1H3. The van der Waals surface area contributed by atoms with Gasteiger partial charge < -0.3 is 4.74 Å². The zero-order valence-corrected chi connectivity index (χ0v) is 18.3. The topological polar surface area (TPSA) is 55.4 Å². The first-order chi connectivity index (χ1) is 14.1. The lowest BCUT2D eigenvalue weighted by atomic mass is 10.1. The van der Waals surface area contributed by atoms with Crippen LogP contribution in [0, 0.1) is 6.07 Å². The lowest BCUT2D eigenvalue weighted by molar-refractivity contribution is 0.304. The van der Waals surface area contributed by atoms with Crippen molar-refractivity contribution in [3.05, 3.63) is 54.6 Å². The second-order valence-corrected chi connectivity index (χ2v) is 9.07. The van der Waals surface area contributed by atoms with Crippen LogP contribution < -0.4 is 9.46 Å². The molecule has 159 valence electrons. The average Bonchev–Trinajstić information content (AvgIpc) is 2.73. The van der Waals surface area contributed by atoms with Gasteiger partial charge in [0.15, 0.2) is 0 Å². The third kappa shape index (κ3) is 9.35. The fourth-order valence-corrected chi connectivity index (χ4v) is 4.18. The molecule has 2 aromatic carbocycles. The monoisotopic (exact) mass is 416 g/mol.